The van der Waals surface area contributed by atoms with Gasteiger partial charge in [0.05, 0.1) is 0 Å². The molecule has 0 radical (unpaired) electrons. The zero-order valence-corrected chi connectivity index (χ0v) is 12.7. The summed E-state index contributed by atoms with van der Waals surface area (Å²) in [5.41, 5.74) is 1.07. The Morgan fingerprint density at radius 3 is 2.68 bits per heavy atom. The first kappa shape index (κ1) is 14.6. The highest BCUT2D eigenvalue weighted by molar-refractivity contribution is 6.30. The van der Waals surface area contributed by atoms with Crippen LogP contribution in [-0.4, -0.2) is 16.5 Å². The summed E-state index contributed by atoms with van der Waals surface area (Å²) in [7, 11) is 0. The molecule has 19 heavy (non-hydrogen) atoms. The van der Waals surface area contributed by atoms with Crippen LogP contribution in [0.1, 0.15) is 51.5 Å². The zero-order valence-electron chi connectivity index (χ0n) is 12.0. The van der Waals surface area contributed by atoms with Crippen molar-refractivity contribution in [3.05, 3.63) is 17.0 Å². The van der Waals surface area contributed by atoms with E-state index < -0.39 is 0 Å². The molecule has 0 saturated heterocycles. The molecule has 0 aliphatic heterocycles. The predicted octanol–water partition coefficient (Wildman–Crippen LogP) is 4.32. The minimum Gasteiger partial charge on any atom is -0.369 e. The molecule has 1 aliphatic rings. The molecule has 1 heterocycles. The van der Waals surface area contributed by atoms with Crippen LogP contribution in [0, 0.1) is 11.8 Å². The molecule has 1 N–H and O–H groups in total. The second-order valence-electron chi connectivity index (χ2n) is 5.75. The molecule has 1 aromatic heterocycles. The van der Waals surface area contributed by atoms with Crippen molar-refractivity contribution in [1.29, 1.82) is 0 Å². The first-order chi connectivity index (χ1) is 9.20. The van der Waals surface area contributed by atoms with Gasteiger partial charge in [-0.2, -0.15) is 0 Å². The predicted molar refractivity (Wildman–Crippen MR) is 80.6 cm³/mol. The number of aromatic nitrogens is 2. The third kappa shape index (κ3) is 4.07. The third-order valence-corrected chi connectivity index (χ3v) is 4.41. The Morgan fingerprint density at radius 1 is 1.26 bits per heavy atom. The molecule has 1 aromatic rings. The van der Waals surface area contributed by atoms with Gasteiger partial charge in [-0.1, -0.05) is 44.7 Å². The van der Waals surface area contributed by atoms with E-state index in [4.69, 9.17) is 11.6 Å². The number of rotatable bonds is 5. The highest BCUT2D eigenvalue weighted by Gasteiger charge is 2.18. The van der Waals surface area contributed by atoms with Crippen molar-refractivity contribution in [2.45, 2.75) is 52.4 Å². The molecule has 0 atom stereocenters. The van der Waals surface area contributed by atoms with Crippen LogP contribution in [0.25, 0.3) is 0 Å². The third-order valence-electron chi connectivity index (χ3n) is 4.09. The van der Waals surface area contributed by atoms with E-state index in [9.17, 15) is 0 Å². The highest BCUT2D eigenvalue weighted by atomic mass is 35.5. The molecular weight excluding hydrogens is 258 g/mol. The summed E-state index contributed by atoms with van der Waals surface area (Å²) in [6.45, 7) is 5.51. The molecule has 0 amide bonds. The van der Waals surface area contributed by atoms with Crippen LogP contribution in [0.15, 0.2) is 6.33 Å². The number of nitrogens with zero attached hydrogens (tertiary/aromatic N) is 2. The van der Waals surface area contributed by atoms with E-state index in [1.54, 1.807) is 6.33 Å². The second kappa shape index (κ2) is 7.09. The van der Waals surface area contributed by atoms with Crippen molar-refractivity contribution in [3.63, 3.8) is 0 Å². The monoisotopic (exact) mass is 281 g/mol. The lowest BCUT2D eigenvalue weighted by Crippen LogP contribution is -2.21. The fraction of sp³-hybridized carbons (Fsp3) is 0.733. The summed E-state index contributed by atoms with van der Waals surface area (Å²) < 4.78 is 0. The molecule has 1 saturated carbocycles. The molecule has 0 aromatic carbocycles. The Balaban J connectivity index is 1.93. The normalized spacial score (nSPS) is 23.3. The summed E-state index contributed by atoms with van der Waals surface area (Å²) in [4.78, 5) is 8.43. The van der Waals surface area contributed by atoms with Crippen molar-refractivity contribution in [1.82, 2.24) is 9.97 Å². The summed E-state index contributed by atoms with van der Waals surface area (Å²) in [5.74, 6) is 2.61. The van der Waals surface area contributed by atoms with Crippen LogP contribution >= 0.6 is 11.6 Å². The summed E-state index contributed by atoms with van der Waals surface area (Å²) in [5, 5.41) is 4.08. The molecule has 3 nitrogen and oxygen atoms in total. The Labute approximate surface area is 121 Å². The van der Waals surface area contributed by atoms with Gasteiger partial charge in [0.25, 0.3) is 0 Å². The van der Waals surface area contributed by atoms with Gasteiger partial charge in [-0.3, -0.25) is 0 Å². The Hall–Kier alpha value is -0.830. The fourth-order valence-electron chi connectivity index (χ4n) is 2.79. The van der Waals surface area contributed by atoms with Gasteiger partial charge in [0.15, 0.2) is 0 Å². The van der Waals surface area contributed by atoms with Crippen molar-refractivity contribution in [2.24, 2.45) is 11.8 Å². The van der Waals surface area contributed by atoms with Gasteiger partial charge in [0.1, 0.15) is 17.3 Å². The maximum absolute atomic E-state index is 6.16. The van der Waals surface area contributed by atoms with Crippen LogP contribution in [0.4, 0.5) is 5.82 Å². The van der Waals surface area contributed by atoms with E-state index in [-0.39, 0.29) is 0 Å². The van der Waals surface area contributed by atoms with Crippen LogP contribution in [0.5, 0.6) is 0 Å². The van der Waals surface area contributed by atoms with Gasteiger partial charge in [0.2, 0.25) is 0 Å². The molecule has 0 unspecified atom stereocenters. The lowest BCUT2D eigenvalue weighted by atomic mass is 9.83. The Morgan fingerprint density at radius 2 is 2.00 bits per heavy atom. The minimum absolute atomic E-state index is 0.594. The molecule has 1 aliphatic carbocycles. The van der Waals surface area contributed by atoms with Crippen LogP contribution < -0.4 is 5.32 Å². The van der Waals surface area contributed by atoms with Crippen molar-refractivity contribution < 1.29 is 0 Å². The smallest absolute Gasteiger partial charge is 0.137 e. The van der Waals surface area contributed by atoms with E-state index in [0.717, 1.165) is 42.6 Å². The van der Waals surface area contributed by atoms with Gasteiger partial charge in [-0.25, -0.2) is 9.97 Å². The summed E-state index contributed by atoms with van der Waals surface area (Å²) >= 11 is 6.16. The Kier molecular flexibility index (Phi) is 5.44. The van der Waals surface area contributed by atoms with E-state index in [1.165, 1.54) is 25.7 Å². The van der Waals surface area contributed by atoms with E-state index in [2.05, 4.69) is 29.1 Å². The van der Waals surface area contributed by atoms with Crippen LogP contribution in [-0.2, 0) is 6.42 Å². The van der Waals surface area contributed by atoms with E-state index >= 15 is 0 Å². The van der Waals surface area contributed by atoms with Crippen molar-refractivity contribution in [3.8, 4) is 0 Å². The van der Waals surface area contributed by atoms with Crippen LogP contribution in [0.2, 0.25) is 5.15 Å². The largest absolute Gasteiger partial charge is 0.369 e. The second-order valence-corrected chi connectivity index (χ2v) is 6.11. The first-order valence-corrected chi connectivity index (χ1v) is 7.81. The maximum Gasteiger partial charge on any atom is 0.137 e. The molecule has 0 bridgehead atoms. The number of nitrogens with one attached hydrogen (secondary N) is 1. The SMILES string of the molecule is CCCc1c(Cl)ncnc1NCC1CCC(C)CC1. The van der Waals surface area contributed by atoms with Gasteiger partial charge in [-0.05, 0) is 31.1 Å². The average molecular weight is 282 g/mol. The fourth-order valence-corrected chi connectivity index (χ4v) is 3.02. The average Bonchev–Trinajstić information content (AvgIpc) is 2.41. The molecule has 106 valence electrons. The van der Waals surface area contributed by atoms with Crippen molar-refractivity contribution in [2.75, 3.05) is 11.9 Å². The first-order valence-electron chi connectivity index (χ1n) is 7.44. The molecule has 2 rings (SSSR count). The number of halogens is 1. The molecule has 4 heteroatoms. The topological polar surface area (TPSA) is 37.8 Å². The summed E-state index contributed by atoms with van der Waals surface area (Å²) in [6.07, 6.45) is 8.92. The minimum atomic E-state index is 0.594. The standard InChI is InChI=1S/C15H24ClN3/c1-3-4-13-14(16)18-10-19-15(13)17-9-12-7-5-11(2)6-8-12/h10-12H,3-9H2,1-2H3,(H,17,18,19). The number of hydrogen-bond acceptors (Lipinski definition) is 3. The van der Waals surface area contributed by atoms with Gasteiger partial charge in [-0.15, -0.1) is 0 Å². The maximum atomic E-state index is 6.16. The van der Waals surface area contributed by atoms with Gasteiger partial charge in [0, 0.05) is 12.1 Å². The summed E-state index contributed by atoms with van der Waals surface area (Å²) in [6, 6.07) is 0. The van der Waals surface area contributed by atoms with E-state index in [1.807, 2.05) is 0 Å². The van der Waals surface area contributed by atoms with E-state index in [0.29, 0.717) is 5.15 Å². The zero-order chi connectivity index (χ0) is 13.7. The quantitative estimate of drug-likeness (QED) is 0.817. The van der Waals surface area contributed by atoms with Gasteiger partial charge >= 0.3 is 0 Å². The van der Waals surface area contributed by atoms with Gasteiger partial charge < -0.3 is 5.32 Å². The molecular formula is C15H24ClN3. The van der Waals surface area contributed by atoms with Crippen molar-refractivity contribution >= 4 is 17.4 Å². The highest BCUT2D eigenvalue weighted by Crippen LogP contribution is 2.29. The number of anilines is 1. The molecule has 1 fully saturated rings. The van der Waals surface area contributed by atoms with Crippen LogP contribution in [0.3, 0.4) is 0 Å². The molecule has 0 spiro atoms. The lowest BCUT2D eigenvalue weighted by Gasteiger charge is -2.26. The lowest BCUT2D eigenvalue weighted by molar-refractivity contribution is 0.300. The number of hydrogen-bond donors (Lipinski definition) is 1. The Bertz CT molecular complexity index is 400.